The van der Waals surface area contributed by atoms with Gasteiger partial charge >= 0.3 is 0 Å². The second-order valence-corrected chi connectivity index (χ2v) is 6.19. The molecule has 0 bridgehead atoms. The third-order valence-corrected chi connectivity index (χ3v) is 4.86. The number of hydrogen-bond donors (Lipinski definition) is 1. The molecule has 2 atom stereocenters. The van der Waals surface area contributed by atoms with Gasteiger partial charge in [0.25, 0.3) is 0 Å². The topological polar surface area (TPSA) is 46.3 Å². The number of rotatable bonds is 2. The molecule has 1 aliphatic heterocycles. The molecular formula is C14H26N2O. The standard InChI is InChI=1S/C14H26N2O/c1-11-6-9-16(12(11)10-15)13(17)14(2)7-4-3-5-8-14/h11-12H,3-10,15H2,1-2H3. The minimum absolute atomic E-state index is 0.101. The highest BCUT2D eigenvalue weighted by Gasteiger charge is 2.42. The van der Waals surface area contributed by atoms with E-state index >= 15 is 0 Å². The normalized spacial score (nSPS) is 32.8. The Kier molecular flexibility index (Phi) is 3.76. The second-order valence-electron chi connectivity index (χ2n) is 6.19. The molecule has 0 radical (unpaired) electrons. The maximum atomic E-state index is 12.7. The third-order valence-electron chi connectivity index (χ3n) is 4.86. The molecule has 1 aliphatic carbocycles. The lowest BCUT2D eigenvalue weighted by molar-refractivity contribution is -0.144. The van der Waals surface area contributed by atoms with Gasteiger partial charge in [0.15, 0.2) is 0 Å². The fraction of sp³-hybridized carbons (Fsp3) is 0.929. The van der Waals surface area contributed by atoms with Gasteiger partial charge in [-0.05, 0) is 25.2 Å². The van der Waals surface area contributed by atoms with Gasteiger partial charge in [-0.3, -0.25) is 4.79 Å². The van der Waals surface area contributed by atoms with E-state index in [9.17, 15) is 4.79 Å². The molecule has 0 aromatic heterocycles. The summed E-state index contributed by atoms with van der Waals surface area (Å²) in [6.07, 6.45) is 6.95. The van der Waals surface area contributed by atoms with Gasteiger partial charge in [-0.1, -0.05) is 33.1 Å². The van der Waals surface area contributed by atoms with Crippen LogP contribution in [-0.2, 0) is 4.79 Å². The number of hydrogen-bond acceptors (Lipinski definition) is 2. The van der Waals surface area contributed by atoms with Gasteiger partial charge in [-0.15, -0.1) is 0 Å². The highest BCUT2D eigenvalue weighted by molar-refractivity contribution is 5.83. The number of carbonyl (C=O) groups is 1. The molecule has 1 saturated heterocycles. The average Bonchev–Trinajstić information content (AvgIpc) is 2.70. The quantitative estimate of drug-likeness (QED) is 0.801. The Labute approximate surface area is 105 Å². The van der Waals surface area contributed by atoms with Gasteiger partial charge in [0.05, 0.1) is 0 Å². The fourth-order valence-corrected chi connectivity index (χ4v) is 3.51. The first-order chi connectivity index (χ1) is 8.08. The summed E-state index contributed by atoms with van der Waals surface area (Å²) in [5, 5.41) is 0. The SMILES string of the molecule is CC1CCN(C(=O)C2(C)CCCCC2)C1CN. The van der Waals surface area contributed by atoms with Gasteiger partial charge in [0, 0.05) is 24.5 Å². The van der Waals surface area contributed by atoms with E-state index in [2.05, 4.69) is 18.7 Å². The molecule has 0 aromatic carbocycles. The van der Waals surface area contributed by atoms with Crippen LogP contribution in [0, 0.1) is 11.3 Å². The Morgan fingerprint density at radius 3 is 2.59 bits per heavy atom. The van der Waals surface area contributed by atoms with E-state index in [4.69, 9.17) is 5.73 Å². The van der Waals surface area contributed by atoms with Crippen molar-refractivity contribution in [3.8, 4) is 0 Å². The molecule has 3 heteroatoms. The maximum Gasteiger partial charge on any atom is 0.228 e. The number of amides is 1. The van der Waals surface area contributed by atoms with E-state index in [0.29, 0.717) is 18.4 Å². The molecule has 2 aliphatic rings. The summed E-state index contributed by atoms with van der Waals surface area (Å²) in [5.41, 5.74) is 5.73. The molecule has 3 nitrogen and oxygen atoms in total. The molecule has 2 N–H and O–H groups in total. The molecule has 1 amide bonds. The Bertz CT molecular complexity index is 284. The Morgan fingerprint density at radius 1 is 1.35 bits per heavy atom. The summed E-state index contributed by atoms with van der Waals surface area (Å²) < 4.78 is 0. The van der Waals surface area contributed by atoms with Crippen LogP contribution >= 0.6 is 0 Å². The predicted molar refractivity (Wildman–Crippen MR) is 69.5 cm³/mol. The molecule has 17 heavy (non-hydrogen) atoms. The van der Waals surface area contributed by atoms with Crippen LogP contribution in [-0.4, -0.2) is 29.9 Å². The summed E-state index contributed by atoms with van der Waals surface area (Å²) in [4.78, 5) is 14.8. The Hall–Kier alpha value is -0.570. The highest BCUT2D eigenvalue weighted by atomic mass is 16.2. The Morgan fingerprint density at radius 2 is 2.00 bits per heavy atom. The van der Waals surface area contributed by atoms with Gasteiger partial charge < -0.3 is 10.6 Å². The molecule has 0 aromatic rings. The molecule has 1 saturated carbocycles. The van der Waals surface area contributed by atoms with E-state index < -0.39 is 0 Å². The molecule has 2 unspecified atom stereocenters. The van der Waals surface area contributed by atoms with Crippen molar-refractivity contribution in [2.24, 2.45) is 17.1 Å². The number of likely N-dealkylation sites (tertiary alicyclic amines) is 1. The van der Waals surface area contributed by atoms with Crippen molar-refractivity contribution in [1.29, 1.82) is 0 Å². The second kappa shape index (κ2) is 4.97. The summed E-state index contributed by atoms with van der Waals surface area (Å²) in [7, 11) is 0. The minimum atomic E-state index is -0.101. The summed E-state index contributed by atoms with van der Waals surface area (Å²) in [6.45, 7) is 5.90. The first kappa shape index (κ1) is 12.9. The van der Waals surface area contributed by atoms with E-state index in [1.165, 1.54) is 19.3 Å². The van der Waals surface area contributed by atoms with E-state index in [-0.39, 0.29) is 11.5 Å². The molecule has 2 fully saturated rings. The molecule has 2 rings (SSSR count). The van der Waals surface area contributed by atoms with Gasteiger partial charge in [-0.2, -0.15) is 0 Å². The van der Waals surface area contributed by atoms with Crippen molar-refractivity contribution in [1.82, 2.24) is 4.90 Å². The summed E-state index contributed by atoms with van der Waals surface area (Å²) in [5.74, 6) is 0.938. The van der Waals surface area contributed by atoms with Crippen LogP contribution in [0.1, 0.15) is 52.4 Å². The van der Waals surface area contributed by atoms with Gasteiger partial charge in [-0.25, -0.2) is 0 Å². The monoisotopic (exact) mass is 238 g/mol. The molecule has 98 valence electrons. The lowest BCUT2D eigenvalue weighted by Gasteiger charge is -2.38. The van der Waals surface area contributed by atoms with Crippen molar-refractivity contribution in [3.05, 3.63) is 0 Å². The molecule has 1 heterocycles. The summed E-state index contributed by atoms with van der Waals surface area (Å²) >= 11 is 0. The maximum absolute atomic E-state index is 12.7. The van der Waals surface area contributed by atoms with Crippen LogP contribution in [0.25, 0.3) is 0 Å². The van der Waals surface area contributed by atoms with Crippen LogP contribution < -0.4 is 5.73 Å². The summed E-state index contributed by atoms with van der Waals surface area (Å²) in [6, 6.07) is 0.279. The number of nitrogens with two attached hydrogens (primary N) is 1. The smallest absolute Gasteiger partial charge is 0.228 e. The third kappa shape index (κ3) is 2.35. The average molecular weight is 238 g/mol. The lowest BCUT2D eigenvalue weighted by Crippen LogP contribution is -2.49. The van der Waals surface area contributed by atoms with E-state index in [1.807, 2.05) is 0 Å². The van der Waals surface area contributed by atoms with Crippen LogP contribution in [0.15, 0.2) is 0 Å². The minimum Gasteiger partial charge on any atom is -0.338 e. The van der Waals surface area contributed by atoms with E-state index in [1.54, 1.807) is 0 Å². The molecular weight excluding hydrogens is 212 g/mol. The number of nitrogens with zero attached hydrogens (tertiary/aromatic N) is 1. The van der Waals surface area contributed by atoms with E-state index in [0.717, 1.165) is 25.8 Å². The van der Waals surface area contributed by atoms with Crippen molar-refractivity contribution in [2.45, 2.75) is 58.4 Å². The van der Waals surface area contributed by atoms with Gasteiger partial charge in [0.1, 0.15) is 0 Å². The van der Waals surface area contributed by atoms with Crippen LogP contribution in [0.3, 0.4) is 0 Å². The zero-order valence-electron chi connectivity index (χ0n) is 11.2. The van der Waals surface area contributed by atoms with Crippen molar-refractivity contribution < 1.29 is 4.79 Å². The van der Waals surface area contributed by atoms with Crippen LogP contribution in [0.5, 0.6) is 0 Å². The van der Waals surface area contributed by atoms with Crippen molar-refractivity contribution in [3.63, 3.8) is 0 Å². The van der Waals surface area contributed by atoms with Gasteiger partial charge in [0.2, 0.25) is 5.91 Å². The molecule has 0 spiro atoms. The number of carbonyl (C=O) groups excluding carboxylic acids is 1. The largest absolute Gasteiger partial charge is 0.338 e. The zero-order valence-corrected chi connectivity index (χ0v) is 11.2. The Balaban J connectivity index is 2.08. The van der Waals surface area contributed by atoms with Crippen molar-refractivity contribution >= 4 is 5.91 Å². The first-order valence-electron chi connectivity index (χ1n) is 7.09. The zero-order chi connectivity index (χ0) is 12.5. The first-order valence-corrected chi connectivity index (χ1v) is 7.09. The highest BCUT2D eigenvalue weighted by Crippen LogP contribution is 2.39. The fourth-order valence-electron chi connectivity index (χ4n) is 3.51. The van der Waals surface area contributed by atoms with Crippen LogP contribution in [0.2, 0.25) is 0 Å². The predicted octanol–water partition coefficient (Wildman–Crippen LogP) is 2.15. The lowest BCUT2D eigenvalue weighted by atomic mass is 9.74. The van der Waals surface area contributed by atoms with Crippen molar-refractivity contribution in [2.75, 3.05) is 13.1 Å². The van der Waals surface area contributed by atoms with Crippen LogP contribution in [0.4, 0.5) is 0 Å².